The van der Waals surface area contributed by atoms with E-state index < -0.39 is 0 Å². The molecule has 0 radical (unpaired) electrons. The van der Waals surface area contributed by atoms with Crippen LogP contribution in [0.4, 0.5) is 4.39 Å². The van der Waals surface area contributed by atoms with E-state index in [9.17, 15) is 9.18 Å². The molecule has 0 saturated carbocycles. The molecule has 0 atom stereocenters. The standard InChI is InChI=1S/C16H17FN4O.CH4/c1-20(2)16(22)5-6-21-10-11(8-19-21)14-9-18-15-7-12(17)3-4-13(14)15;/h3-4,7-10,18H,5-6H2,1-2H3;1H4. The van der Waals surface area contributed by atoms with E-state index in [1.807, 2.05) is 12.4 Å². The van der Waals surface area contributed by atoms with Crippen molar-refractivity contribution in [3.8, 4) is 11.1 Å². The molecule has 0 spiro atoms. The summed E-state index contributed by atoms with van der Waals surface area (Å²) in [7, 11) is 3.48. The molecule has 0 aliphatic carbocycles. The van der Waals surface area contributed by atoms with Crippen molar-refractivity contribution in [3.05, 3.63) is 42.6 Å². The van der Waals surface area contributed by atoms with Crippen molar-refractivity contribution in [2.75, 3.05) is 14.1 Å². The van der Waals surface area contributed by atoms with Gasteiger partial charge < -0.3 is 9.88 Å². The van der Waals surface area contributed by atoms with Crippen molar-refractivity contribution in [2.24, 2.45) is 0 Å². The summed E-state index contributed by atoms with van der Waals surface area (Å²) in [5.41, 5.74) is 2.67. The first-order chi connectivity index (χ1) is 10.5. The Hall–Kier alpha value is -2.63. The summed E-state index contributed by atoms with van der Waals surface area (Å²) in [5.74, 6) is -0.196. The summed E-state index contributed by atoms with van der Waals surface area (Å²) in [6.45, 7) is 0.536. The number of carbonyl (C=O) groups is 1. The van der Waals surface area contributed by atoms with Crippen LogP contribution < -0.4 is 0 Å². The van der Waals surface area contributed by atoms with E-state index in [0.29, 0.717) is 13.0 Å². The second kappa shape index (κ2) is 6.64. The number of carbonyl (C=O) groups excluding carboxylic acids is 1. The maximum atomic E-state index is 13.2. The third-order valence-corrected chi connectivity index (χ3v) is 3.64. The average molecular weight is 316 g/mol. The Morgan fingerprint density at radius 2 is 2.17 bits per heavy atom. The molecule has 2 aromatic heterocycles. The van der Waals surface area contributed by atoms with E-state index >= 15 is 0 Å². The molecular weight excluding hydrogens is 295 g/mol. The lowest BCUT2D eigenvalue weighted by Crippen LogP contribution is -2.22. The number of aromatic amines is 1. The molecule has 0 unspecified atom stereocenters. The number of H-pyrrole nitrogens is 1. The molecule has 0 fully saturated rings. The highest BCUT2D eigenvalue weighted by atomic mass is 19.1. The molecule has 122 valence electrons. The smallest absolute Gasteiger partial charge is 0.223 e. The number of benzene rings is 1. The molecule has 1 N–H and O–H groups in total. The van der Waals surface area contributed by atoms with Crippen LogP contribution in [-0.4, -0.2) is 39.7 Å². The number of nitrogens with one attached hydrogen (secondary N) is 1. The zero-order chi connectivity index (χ0) is 15.7. The van der Waals surface area contributed by atoms with Gasteiger partial charge in [0.15, 0.2) is 0 Å². The van der Waals surface area contributed by atoms with Crippen LogP contribution in [0.3, 0.4) is 0 Å². The third kappa shape index (κ3) is 3.41. The molecule has 3 aromatic rings. The summed E-state index contributed by atoms with van der Waals surface area (Å²) >= 11 is 0. The molecule has 6 heteroatoms. The van der Waals surface area contributed by atoms with Gasteiger partial charge in [-0.3, -0.25) is 9.48 Å². The highest BCUT2D eigenvalue weighted by Crippen LogP contribution is 2.28. The van der Waals surface area contributed by atoms with Crippen LogP contribution in [0.15, 0.2) is 36.8 Å². The summed E-state index contributed by atoms with van der Waals surface area (Å²) in [6, 6.07) is 4.67. The first-order valence-corrected chi connectivity index (χ1v) is 7.04. The molecule has 23 heavy (non-hydrogen) atoms. The van der Waals surface area contributed by atoms with Crippen molar-refractivity contribution in [3.63, 3.8) is 0 Å². The van der Waals surface area contributed by atoms with Gasteiger partial charge in [-0.2, -0.15) is 5.10 Å². The lowest BCUT2D eigenvalue weighted by Gasteiger charge is -2.09. The fourth-order valence-corrected chi connectivity index (χ4v) is 2.40. The zero-order valence-corrected chi connectivity index (χ0v) is 12.5. The quantitative estimate of drug-likeness (QED) is 0.803. The monoisotopic (exact) mass is 316 g/mol. The molecule has 0 aliphatic heterocycles. The zero-order valence-electron chi connectivity index (χ0n) is 12.5. The lowest BCUT2D eigenvalue weighted by atomic mass is 10.1. The molecule has 2 heterocycles. The van der Waals surface area contributed by atoms with Crippen molar-refractivity contribution in [1.29, 1.82) is 0 Å². The second-order valence-corrected chi connectivity index (χ2v) is 5.42. The van der Waals surface area contributed by atoms with Gasteiger partial charge in [-0.1, -0.05) is 7.43 Å². The largest absolute Gasteiger partial charge is 0.360 e. The molecule has 5 nitrogen and oxygen atoms in total. The van der Waals surface area contributed by atoms with E-state index in [0.717, 1.165) is 22.0 Å². The molecule has 3 rings (SSSR count). The van der Waals surface area contributed by atoms with Gasteiger partial charge in [-0.25, -0.2) is 4.39 Å². The van der Waals surface area contributed by atoms with Gasteiger partial charge in [0.2, 0.25) is 5.91 Å². The minimum absolute atomic E-state index is 0. The van der Waals surface area contributed by atoms with Crippen LogP contribution in [-0.2, 0) is 11.3 Å². The highest BCUT2D eigenvalue weighted by Gasteiger charge is 2.10. The van der Waals surface area contributed by atoms with Crippen LogP contribution in [0.2, 0.25) is 0 Å². The normalized spacial score (nSPS) is 10.6. The molecule has 1 aromatic carbocycles. The van der Waals surface area contributed by atoms with Crippen LogP contribution in [0.1, 0.15) is 13.8 Å². The van der Waals surface area contributed by atoms with E-state index in [2.05, 4.69) is 10.1 Å². The molecule has 0 aliphatic rings. The minimum Gasteiger partial charge on any atom is -0.360 e. The lowest BCUT2D eigenvalue weighted by molar-refractivity contribution is -0.128. The van der Waals surface area contributed by atoms with Crippen LogP contribution in [0.5, 0.6) is 0 Å². The highest BCUT2D eigenvalue weighted by molar-refractivity contribution is 5.95. The molecule has 0 saturated heterocycles. The van der Waals surface area contributed by atoms with Crippen LogP contribution in [0, 0.1) is 5.82 Å². The topological polar surface area (TPSA) is 53.9 Å². The maximum absolute atomic E-state index is 13.2. The number of nitrogens with zero attached hydrogens (tertiary/aromatic N) is 3. The molecule has 1 amide bonds. The Bertz CT molecular complexity index is 819. The van der Waals surface area contributed by atoms with Gasteiger partial charge in [0.1, 0.15) is 5.82 Å². The van der Waals surface area contributed by atoms with Gasteiger partial charge in [-0.05, 0) is 18.2 Å². The van der Waals surface area contributed by atoms with E-state index in [-0.39, 0.29) is 19.2 Å². The SMILES string of the molecule is C.CN(C)C(=O)CCn1cc(-c2c[nH]c3cc(F)ccc23)cn1. The van der Waals surface area contributed by atoms with E-state index in [1.165, 1.54) is 12.1 Å². The Morgan fingerprint density at radius 3 is 2.91 bits per heavy atom. The van der Waals surface area contributed by atoms with Gasteiger partial charge in [-0.15, -0.1) is 0 Å². The molecular formula is C17H21FN4O. The summed E-state index contributed by atoms with van der Waals surface area (Å²) < 4.78 is 15.0. The Balaban J connectivity index is 0.00000192. The minimum atomic E-state index is -0.265. The maximum Gasteiger partial charge on any atom is 0.223 e. The number of rotatable bonds is 4. The fourth-order valence-electron chi connectivity index (χ4n) is 2.40. The number of hydrogen-bond acceptors (Lipinski definition) is 2. The first-order valence-electron chi connectivity index (χ1n) is 7.04. The van der Waals surface area contributed by atoms with Crippen molar-refractivity contribution in [2.45, 2.75) is 20.4 Å². The Kier molecular flexibility index (Phi) is 4.83. The van der Waals surface area contributed by atoms with Gasteiger partial charge in [0, 0.05) is 61.5 Å². The second-order valence-electron chi connectivity index (χ2n) is 5.42. The Morgan fingerprint density at radius 1 is 1.39 bits per heavy atom. The van der Waals surface area contributed by atoms with Gasteiger partial charge in [0.05, 0.1) is 6.20 Å². The summed E-state index contributed by atoms with van der Waals surface area (Å²) in [6.07, 6.45) is 5.91. The predicted octanol–water partition coefficient (Wildman–Crippen LogP) is 3.28. The average Bonchev–Trinajstić information content (AvgIpc) is 3.10. The van der Waals surface area contributed by atoms with Crippen LogP contribution >= 0.6 is 0 Å². The fraction of sp³-hybridized carbons (Fsp3) is 0.294. The van der Waals surface area contributed by atoms with E-state index in [4.69, 9.17) is 0 Å². The van der Waals surface area contributed by atoms with Gasteiger partial charge in [0.25, 0.3) is 0 Å². The molecule has 0 bridgehead atoms. The summed E-state index contributed by atoms with van der Waals surface area (Å²) in [5, 5.41) is 5.24. The number of fused-ring (bicyclic) bond motifs is 1. The van der Waals surface area contributed by atoms with Crippen molar-refractivity contribution in [1.82, 2.24) is 19.7 Å². The first kappa shape index (κ1) is 16.7. The predicted molar refractivity (Wildman–Crippen MR) is 89.5 cm³/mol. The number of aryl methyl sites for hydroxylation is 1. The Labute approximate surface area is 134 Å². The summed E-state index contributed by atoms with van der Waals surface area (Å²) in [4.78, 5) is 16.2. The third-order valence-electron chi connectivity index (χ3n) is 3.64. The van der Waals surface area contributed by atoms with Gasteiger partial charge >= 0.3 is 0 Å². The van der Waals surface area contributed by atoms with E-state index in [1.54, 1.807) is 35.9 Å². The number of hydrogen-bond donors (Lipinski definition) is 1. The number of halogens is 1. The van der Waals surface area contributed by atoms with Crippen LogP contribution in [0.25, 0.3) is 22.0 Å². The number of aromatic nitrogens is 3. The number of amides is 1. The van der Waals surface area contributed by atoms with Crippen molar-refractivity contribution >= 4 is 16.8 Å². The van der Waals surface area contributed by atoms with Crippen molar-refractivity contribution < 1.29 is 9.18 Å².